The van der Waals surface area contributed by atoms with E-state index in [2.05, 4.69) is 36.1 Å². The second-order valence-corrected chi connectivity index (χ2v) is 7.11. The molecule has 4 rings (SSSR count). The molecule has 0 atom stereocenters. The maximum Gasteiger partial charge on any atom is 0.226 e. The van der Waals surface area contributed by atoms with Crippen molar-refractivity contribution in [2.24, 2.45) is 0 Å². The van der Waals surface area contributed by atoms with Gasteiger partial charge in [-0.1, -0.05) is 17.3 Å². The Balaban J connectivity index is 1.74. The summed E-state index contributed by atoms with van der Waals surface area (Å²) < 4.78 is 13.0. The lowest BCUT2D eigenvalue weighted by Gasteiger charge is -2.19. The Morgan fingerprint density at radius 2 is 1.88 bits per heavy atom. The number of rotatable bonds is 3. The van der Waals surface area contributed by atoms with E-state index in [0.29, 0.717) is 5.89 Å². The number of aromatic nitrogens is 4. The van der Waals surface area contributed by atoms with E-state index >= 15 is 0 Å². The molecule has 6 nitrogen and oxygen atoms in total. The van der Waals surface area contributed by atoms with Gasteiger partial charge in [-0.25, -0.2) is 9.67 Å². The first-order valence-electron chi connectivity index (χ1n) is 8.42. The number of nitrogens with zero attached hydrogens (tertiary/aromatic N) is 4. The van der Waals surface area contributed by atoms with Gasteiger partial charge >= 0.3 is 0 Å². The highest BCUT2D eigenvalue weighted by Crippen LogP contribution is 2.32. The Morgan fingerprint density at radius 1 is 1.08 bits per heavy atom. The molecular weight excluding hydrogens is 328 g/mol. The zero-order valence-corrected chi connectivity index (χ0v) is 15.2. The number of fused-ring (bicyclic) bond motifs is 1. The molecule has 0 aliphatic rings. The van der Waals surface area contributed by atoms with Gasteiger partial charge in [-0.05, 0) is 51.1 Å². The average molecular weight is 348 g/mol. The topological polar surface area (TPSA) is 66.0 Å². The summed E-state index contributed by atoms with van der Waals surface area (Å²) in [5.74, 6) is 1.30. The number of methoxy groups -OCH3 is 1. The third-order valence-electron chi connectivity index (χ3n) is 4.21. The molecule has 2 aromatic carbocycles. The fourth-order valence-corrected chi connectivity index (χ4v) is 2.94. The predicted molar refractivity (Wildman–Crippen MR) is 100 cm³/mol. The molecule has 0 saturated heterocycles. The van der Waals surface area contributed by atoms with Gasteiger partial charge in [0.2, 0.25) is 5.89 Å². The lowest BCUT2D eigenvalue weighted by molar-refractivity contribution is 0.358. The van der Waals surface area contributed by atoms with Crippen molar-refractivity contribution < 1.29 is 9.15 Å². The van der Waals surface area contributed by atoms with E-state index in [1.165, 1.54) is 0 Å². The second kappa shape index (κ2) is 5.98. The van der Waals surface area contributed by atoms with E-state index in [1.54, 1.807) is 13.4 Å². The lowest BCUT2D eigenvalue weighted by atomic mass is 10.1. The molecule has 4 aromatic rings. The zero-order valence-electron chi connectivity index (χ0n) is 15.2. The highest BCUT2D eigenvalue weighted by atomic mass is 16.5. The van der Waals surface area contributed by atoms with Crippen LogP contribution in [0.15, 0.2) is 53.1 Å². The molecule has 6 heteroatoms. The van der Waals surface area contributed by atoms with Crippen molar-refractivity contribution in [2.45, 2.75) is 26.3 Å². The molecule has 0 fully saturated rings. The number of hydrogen-bond donors (Lipinski definition) is 0. The van der Waals surface area contributed by atoms with Crippen LogP contribution in [-0.2, 0) is 5.54 Å². The number of oxazole rings is 1. The largest absolute Gasteiger partial charge is 0.496 e. The molecule has 0 spiro atoms. The molecule has 2 heterocycles. The number of hydrogen-bond acceptors (Lipinski definition) is 5. The molecule has 2 aromatic heterocycles. The fraction of sp³-hybridized carbons (Fsp3) is 0.250. The van der Waals surface area contributed by atoms with E-state index in [9.17, 15) is 0 Å². The van der Waals surface area contributed by atoms with Gasteiger partial charge in [0.1, 0.15) is 23.2 Å². The van der Waals surface area contributed by atoms with Crippen LogP contribution in [0.4, 0.5) is 0 Å². The Bertz CT molecular complexity index is 1070. The van der Waals surface area contributed by atoms with Crippen molar-refractivity contribution in [1.82, 2.24) is 20.0 Å². The summed E-state index contributed by atoms with van der Waals surface area (Å²) in [6.45, 7) is 6.30. The van der Waals surface area contributed by atoms with Crippen LogP contribution in [-0.4, -0.2) is 27.1 Å². The third-order valence-corrected chi connectivity index (χ3v) is 4.21. The molecule has 0 aliphatic carbocycles. The molecule has 0 amide bonds. The quantitative estimate of drug-likeness (QED) is 0.545. The average Bonchev–Trinajstić information content (AvgIpc) is 3.27. The normalized spacial score (nSPS) is 11.8. The maximum absolute atomic E-state index is 5.71. The minimum absolute atomic E-state index is 0.129. The summed E-state index contributed by atoms with van der Waals surface area (Å²) in [4.78, 5) is 4.62. The lowest BCUT2D eigenvalue weighted by Crippen LogP contribution is -2.22. The van der Waals surface area contributed by atoms with E-state index in [1.807, 2.05) is 47.1 Å². The highest BCUT2D eigenvalue weighted by Gasteiger charge is 2.19. The monoisotopic (exact) mass is 348 g/mol. The van der Waals surface area contributed by atoms with Crippen molar-refractivity contribution >= 4 is 11.0 Å². The van der Waals surface area contributed by atoms with Crippen molar-refractivity contribution in [2.75, 3.05) is 7.11 Å². The summed E-state index contributed by atoms with van der Waals surface area (Å²) in [6.07, 6.45) is 1.64. The van der Waals surface area contributed by atoms with Gasteiger partial charge in [0.25, 0.3) is 0 Å². The Kier molecular flexibility index (Phi) is 3.76. The van der Waals surface area contributed by atoms with E-state index in [0.717, 1.165) is 33.6 Å². The fourth-order valence-electron chi connectivity index (χ4n) is 2.94. The standard InChI is InChI=1S/C20H20N4O2/c1-20(2,3)24-17-10-9-13(11-15(17)22-23-24)19-21-16(12-26-19)14-7-5-6-8-18(14)25-4/h5-12H,1-4H3. The van der Waals surface area contributed by atoms with Crippen LogP contribution in [0.25, 0.3) is 33.7 Å². The van der Waals surface area contributed by atoms with Crippen LogP contribution < -0.4 is 4.74 Å². The molecule has 132 valence electrons. The second-order valence-electron chi connectivity index (χ2n) is 7.11. The van der Waals surface area contributed by atoms with Crippen LogP contribution in [0.2, 0.25) is 0 Å². The smallest absolute Gasteiger partial charge is 0.226 e. The van der Waals surface area contributed by atoms with Gasteiger partial charge in [-0.15, -0.1) is 5.10 Å². The van der Waals surface area contributed by atoms with Crippen molar-refractivity contribution in [3.63, 3.8) is 0 Å². The molecule has 26 heavy (non-hydrogen) atoms. The summed E-state index contributed by atoms with van der Waals surface area (Å²) >= 11 is 0. The SMILES string of the molecule is COc1ccccc1-c1coc(-c2ccc3c(c2)nnn3C(C)(C)C)n1. The Labute approximate surface area is 151 Å². The molecule has 0 aliphatic heterocycles. The molecule has 0 N–H and O–H groups in total. The van der Waals surface area contributed by atoms with Gasteiger partial charge in [-0.3, -0.25) is 0 Å². The van der Waals surface area contributed by atoms with Crippen molar-refractivity contribution in [1.29, 1.82) is 0 Å². The van der Waals surface area contributed by atoms with Gasteiger partial charge in [-0.2, -0.15) is 0 Å². The molecule has 0 bridgehead atoms. The maximum atomic E-state index is 5.71. The Hall–Kier alpha value is -3.15. The number of benzene rings is 2. The van der Waals surface area contributed by atoms with E-state index in [-0.39, 0.29) is 5.54 Å². The van der Waals surface area contributed by atoms with Crippen LogP contribution >= 0.6 is 0 Å². The zero-order chi connectivity index (χ0) is 18.3. The molecule has 0 saturated carbocycles. The molecule has 0 radical (unpaired) electrons. The van der Waals surface area contributed by atoms with E-state index < -0.39 is 0 Å². The van der Waals surface area contributed by atoms with Crippen LogP contribution in [0, 0.1) is 0 Å². The Morgan fingerprint density at radius 3 is 2.65 bits per heavy atom. The first kappa shape index (κ1) is 16.3. The predicted octanol–water partition coefficient (Wildman–Crippen LogP) is 4.52. The summed E-state index contributed by atoms with van der Waals surface area (Å²) in [7, 11) is 1.65. The summed E-state index contributed by atoms with van der Waals surface area (Å²) in [5, 5.41) is 8.56. The number of ether oxygens (including phenoxy) is 1. The van der Waals surface area contributed by atoms with Crippen molar-refractivity contribution in [3.05, 3.63) is 48.7 Å². The molecule has 0 unspecified atom stereocenters. The minimum atomic E-state index is -0.129. The summed E-state index contributed by atoms with van der Waals surface area (Å²) in [5.41, 5.74) is 4.16. The van der Waals surface area contributed by atoms with Gasteiger partial charge in [0, 0.05) is 11.1 Å². The van der Waals surface area contributed by atoms with E-state index in [4.69, 9.17) is 9.15 Å². The van der Waals surface area contributed by atoms with Gasteiger partial charge < -0.3 is 9.15 Å². The molecular formula is C20H20N4O2. The highest BCUT2D eigenvalue weighted by molar-refractivity contribution is 5.80. The number of para-hydroxylation sites is 1. The van der Waals surface area contributed by atoms with Crippen LogP contribution in [0.1, 0.15) is 20.8 Å². The first-order valence-corrected chi connectivity index (χ1v) is 8.42. The third kappa shape index (κ3) is 2.73. The van der Waals surface area contributed by atoms with Crippen LogP contribution in [0.5, 0.6) is 5.75 Å². The van der Waals surface area contributed by atoms with Gasteiger partial charge in [0.05, 0.1) is 18.2 Å². The summed E-state index contributed by atoms with van der Waals surface area (Å²) in [6, 6.07) is 13.7. The minimum Gasteiger partial charge on any atom is -0.496 e. The van der Waals surface area contributed by atoms with Crippen molar-refractivity contribution in [3.8, 4) is 28.5 Å². The van der Waals surface area contributed by atoms with Gasteiger partial charge in [0.15, 0.2) is 0 Å². The first-order chi connectivity index (χ1) is 12.5. The van der Waals surface area contributed by atoms with Crippen LogP contribution in [0.3, 0.4) is 0 Å².